The van der Waals surface area contributed by atoms with Crippen LogP contribution in [0.1, 0.15) is 32.8 Å². The molecule has 1 aromatic heterocycles. The molecule has 0 aliphatic rings. The second kappa shape index (κ2) is 5.67. The van der Waals surface area contributed by atoms with Crippen LogP contribution in [0.25, 0.3) is 17.0 Å². The van der Waals surface area contributed by atoms with Crippen LogP contribution in [-0.4, -0.2) is 4.98 Å². The minimum atomic E-state index is 0.675. The summed E-state index contributed by atoms with van der Waals surface area (Å²) in [5.41, 5.74) is 3.55. The molecule has 0 atom stereocenters. The van der Waals surface area contributed by atoms with Gasteiger partial charge in [-0.2, -0.15) is 0 Å². The zero-order valence-electron chi connectivity index (χ0n) is 11.2. The molecular weight excluding hydrogens is 222 g/mol. The van der Waals surface area contributed by atoms with Gasteiger partial charge in [0.15, 0.2) is 0 Å². The van der Waals surface area contributed by atoms with Crippen molar-refractivity contribution in [3.05, 3.63) is 48.4 Å². The third-order valence-electron chi connectivity index (χ3n) is 2.89. The maximum Gasteiger partial charge on any atom is 0.225 e. The van der Waals surface area contributed by atoms with Crippen molar-refractivity contribution >= 4 is 5.57 Å². The number of oxazole rings is 1. The van der Waals surface area contributed by atoms with Gasteiger partial charge in [0.1, 0.15) is 6.26 Å². The molecule has 2 heteroatoms. The van der Waals surface area contributed by atoms with E-state index in [0.717, 1.165) is 12.0 Å². The summed E-state index contributed by atoms with van der Waals surface area (Å²) in [5, 5.41) is 0. The first-order chi connectivity index (χ1) is 8.66. The second-order valence-corrected chi connectivity index (χ2v) is 4.93. The van der Waals surface area contributed by atoms with Crippen LogP contribution in [0.4, 0.5) is 0 Å². The summed E-state index contributed by atoms with van der Waals surface area (Å²) in [6.07, 6.45) is 6.67. The highest BCUT2D eigenvalue weighted by atomic mass is 16.3. The van der Waals surface area contributed by atoms with Gasteiger partial charge < -0.3 is 4.42 Å². The molecule has 1 aromatic carbocycles. The number of aromatic nitrogens is 1. The summed E-state index contributed by atoms with van der Waals surface area (Å²) in [4.78, 5) is 4.18. The van der Waals surface area contributed by atoms with Crippen molar-refractivity contribution in [2.75, 3.05) is 0 Å². The van der Waals surface area contributed by atoms with Gasteiger partial charge in [0.2, 0.25) is 5.89 Å². The van der Waals surface area contributed by atoms with Crippen molar-refractivity contribution in [1.82, 2.24) is 4.98 Å². The zero-order chi connectivity index (χ0) is 13.0. The van der Waals surface area contributed by atoms with Gasteiger partial charge >= 0.3 is 0 Å². The molecule has 0 saturated carbocycles. The smallest absolute Gasteiger partial charge is 0.225 e. The molecule has 0 radical (unpaired) electrons. The van der Waals surface area contributed by atoms with Crippen LogP contribution < -0.4 is 0 Å². The van der Waals surface area contributed by atoms with Gasteiger partial charge in [-0.05, 0) is 42.5 Å². The number of benzene rings is 1. The Bertz CT molecular complexity index is 524. The SMILES string of the molecule is C/C(=C\CC(C)C)c1cccc(-c2ncco2)c1. The van der Waals surface area contributed by atoms with Gasteiger partial charge in [0, 0.05) is 5.56 Å². The van der Waals surface area contributed by atoms with Crippen LogP contribution in [0.15, 0.2) is 47.2 Å². The van der Waals surface area contributed by atoms with Crippen LogP contribution in [0.2, 0.25) is 0 Å². The van der Waals surface area contributed by atoms with Crippen molar-refractivity contribution in [3.63, 3.8) is 0 Å². The van der Waals surface area contributed by atoms with Crippen LogP contribution in [0, 0.1) is 5.92 Å². The normalized spacial score (nSPS) is 12.1. The van der Waals surface area contributed by atoms with E-state index in [-0.39, 0.29) is 0 Å². The summed E-state index contributed by atoms with van der Waals surface area (Å²) >= 11 is 0. The Kier molecular flexibility index (Phi) is 3.98. The van der Waals surface area contributed by atoms with Gasteiger partial charge in [-0.25, -0.2) is 4.98 Å². The molecule has 0 unspecified atom stereocenters. The molecule has 2 aromatic rings. The molecule has 0 fully saturated rings. The predicted molar refractivity (Wildman–Crippen MR) is 75.0 cm³/mol. The number of allylic oxidation sites excluding steroid dienone is 2. The lowest BCUT2D eigenvalue weighted by Gasteiger charge is -2.05. The summed E-state index contributed by atoms with van der Waals surface area (Å²) in [7, 11) is 0. The molecule has 0 bridgehead atoms. The molecule has 0 aliphatic carbocycles. The number of nitrogens with zero attached hydrogens (tertiary/aromatic N) is 1. The highest BCUT2D eigenvalue weighted by Gasteiger charge is 2.04. The van der Waals surface area contributed by atoms with E-state index in [0.29, 0.717) is 11.8 Å². The van der Waals surface area contributed by atoms with Crippen LogP contribution in [-0.2, 0) is 0 Å². The van der Waals surface area contributed by atoms with Gasteiger partial charge in [0.25, 0.3) is 0 Å². The first-order valence-corrected chi connectivity index (χ1v) is 6.34. The van der Waals surface area contributed by atoms with Crippen molar-refractivity contribution in [3.8, 4) is 11.5 Å². The standard InChI is InChI=1S/C16H19NO/c1-12(2)7-8-13(3)14-5-4-6-15(11-14)16-17-9-10-18-16/h4-6,8-12H,7H2,1-3H3/b13-8+. The van der Waals surface area contributed by atoms with Gasteiger partial charge in [-0.15, -0.1) is 0 Å². The topological polar surface area (TPSA) is 26.0 Å². The molecule has 18 heavy (non-hydrogen) atoms. The van der Waals surface area contributed by atoms with E-state index in [1.54, 1.807) is 12.5 Å². The van der Waals surface area contributed by atoms with Gasteiger partial charge in [-0.1, -0.05) is 32.1 Å². The summed E-state index contributed by atoms with van der Waals surface area (Å²) in [6, 6.07) is 8.31. The van der Waals surface area contributed by atoms with Crippen molar-refractivity contribution in [2.45, 2.75) is 27.2 Å². The fourth-order valence-electron chi connectivity index (χ4n) is 1.79. The predicted octanol–water partition coefficient (Wildman–Crippen LogP) is 4.79. The van der Waals surface area contributed by atoms with Crippen LogP contribution in [0.5, 0.6) is 0 Å². The molecule has 94 valence electrons. The lowest BCUT2D eigenvalue weighted by Crippen LogP contribution is -1.86. The summed E-state index contributed by atoms with van der Waals surface area (Å²) in [5.74, 6) is 1.36. The first-order valence-electron chi connectivity index (χ1n) is 6.34. The molecule has 0 amide bonds. The van der Waals surface area contributed by atoms with Gasteiger partial charge in [0.05, 0.1) is 6.20 Å². The van der Waals surface area contributed by atoms with Crippen molar-refractivity contribution in [1.29, 1.82) is 0 Å². The van der Waals surface area contributed by atoms with E-state index >= 15 is 0 Å². The number of rotatable bonds is 4. The molecule has 1 heterocycles. The maximum absolute atomic E-state index is 5.32. The summed E-state index contributed by atoms with van der Waals surface area (Å²) in [6.45, 7) is 6.61. The Morgan fingerprint density at radius 1 is 1.39 bits per heavy atom. The van der Waals surface area contributed by atoms with E-state index in [1.165, 1.54) is 11.1 Å². The van der Waals surface area contributed by atoms with E-state index in [9.17, 15) is 0 Å². The van der Waals surface area contributed by atoms with Crippen molar-refractivity contribution < 1.29 is 4.42 Å². The third kappa shape index (κ3) is 3.10. The molecular formula is C16H19NO. The number of hydrogen-bond acceptors (Lipinski definition) is 2. The molecule has 0 saturated heterocycles. The van der Waals surface area contributed by atoms with Crippen LogP contribution >= 0.6 is 0 Å². The Morgan fingerprint density at radius 3 is 2.89 bits per heavy atom. The number of hydrogen-bond donors (Lipinski definition) is 0. The van der Waals surface area contributed by atoms with E-state index in [2.05, 4.69) is 44.0 Å². The molecule has 0 spiro atoms. The average Bonchev–Trinajstić information content (AvgIpc) is 2.90. The molecule has 0 aliphatic heterocycles. The first kappa shape index (κ1) is 12.6. The molecule has 2 nitrogen and oxygen atoms in total. The fourth-order valence-corrected chi connectivity index (χ4v) is 1.79. The van der Waals surface area contributed by atoms with E-state index in [4.69, 9.17) is 4.42 Å². The Labute approximate surface area is 108 Å². The Morgan fingerprint density at radius 2 is 2.22 bits per heavy atom. The lowest BCUT2D eigenvalue weighted by atomic mass is 10.0. The highest BCUT2D eigenvalue weighted by Crippen LogP contribution is 2.23. The van der Waals surface area contributed by atoms with E-state index in [1.807, 2.05) is 12.1 Å². The summed E-state index contributed by atoms with van der Waals surface area (Å²) < 4.78 is 5.32. The van der Waals surface area contributed by atoms with Crippen LogP contribution in [0.3, 0.4) is 0 Å². The van der Waals surface area contributed by atoms with E-state index < -0.39 is 0 Å². The Hall–Kier alpha value is -1.83. The van der Waals surface area contributed by atoms with Gasteiger partial charge in [-0.3, -0.25) is 0 Å². The quantitative estimate of drug-likeness (QED) is 0.769. The minimum Gasteiger partial charge on any atom is -0.445 e. The molecule has 0 N–H and O–H groups in total. The minimum absolute atomic E-state index is 0.675. The van der Waals surface area contributed by atoms with Crippen molar-refractivity contribution in [2.24, 2.45) is 5.92 Å². The zero-order valence-corrected chi connectivity index (χ0v) is 11.2. The average molecular weight is 241 g/mol. The molecule has 2 rings (SSSR count). The highest BCUT2D eigenvalue weighted by molar-refractivity contribution is 5.68. The third-order valence-corrected chi connectivity index (χ3v) is 2.89. The largest absolute Gasteiger partial charge is 0.445 e. The monoisotopic (exact) mass is 241 g/mol. The second-order valence-electron chi connectivity index (χ2n) is 4.93. The maximum atomic E-state index is 5.32. The Balaban J connectivity index is 2.25. The lowest BCUT2D eigenvalue weighted by molar-refractivity contribution is 0.574. The fraction of sp³-hybridized carbons (Fsp3) is 0.312.